The first-order valence-electron chi connectivity index (χ1n) is 17.6. The maximum Gasteiger partial charge on any atom is 0.0748 e. The summed E-state index contributed by atoms with van der Waals surface area (Å²) in [4.78, 5) is 10.8. The normalized spacial score (nSPS) is 13.2. The summed E-state index contributed by atoms with van der Waals surface area (Å²) in [5, 5.41) is 7.99. The Morgan fingerprint density at radius 3 is 0.900 bits per heavy atom. The molecule has 0 fully saturated rings. The van der Waals surface area contributed by atoms with Crippen molar-refractivity contribution in [2.75, 3.05) is 0 Å². The van der Waals surface area contributed by atoms with Crippen molar-refractivity contribution in [3.8, 4) is 0 Å². The lowest BCUT2D eigenvalue weighted by atomic mass is 9.89. The molecule has 0 aliphatic carbocycles. The predicted octanol–water partition coefficient (Wildman–Crippen LogP) is 8.79. The van der Waals surface area contributed by atoms with Crippen LogP contribution in [0.5, 0.6) is 0 Å². The third kappa shape index (κ3) is 8.62. The van der Waals surface area contributed by atoms with Gasteiger partial charge in [0.1, 0.15) is 0 Å². The summed E-state index contributed by atoms with van der Waals surface area (Å²) in [5.74, 6) is 0.627. The lowest BCUT2D eigenvalue weighted by molar-refractivity contribution is 0.353. The van der Waals surface area contributed by atoms with Crippen molar-refractivity contribution in [2.45, 2.75) is 39.8 Å². The third-order valence-electron chi connectivity index (χ3n) is 8.90. The highest BCUT2D eigenvalue weighted by Gasteiger charge is 2.27. The van der Waals surface area contributed by atoms with Gasteiger partial charge in [-0.05, 0) is 59.5 Å². The molecule has 4 heteroatoms. The van der Waals surface area contributed by atoms with E-state index < -0.39 is 15.8 Å². The van der Waals surface area contributed by atoms with Gasteiger partial charge in [0.2, 0.25) is 0 Å². The molecule has 50 heavy (non-hydrogen) atoms. The monoisotopic (exact) mass is 688 g/mol. The van der Waals surface area contributed by atoms with Crippen LogP contribution in [0.3, 0.4) is 0 Å². The molecule has 6 aromatic carbocycles. The van der Waals surface area contributed by atoms with Gasteiger partial charge in [-0.25, -0.2) is 0 Å². The van der Waals surface area contributed by atoms with Crippen LogP contribution in [0.15, 0.2) is 180 Å². The lowest BCUT2D eigenvalue weighted by Gasteiger charge is -2.28. The molecule has 6 aromatic rings. The minimum absolute atomic E-state index is 0.0240. The van der Waals surface area contributed by atoms with Gasteiger partial charge in [-0.15, -0.1) is 0 Å². The summed E-state index contributed by atoms with van der Waals surface area (Å²) < 4.78 is 0. The minimum atomic E-state index is -0.745. The predicted molar refractivity (Wildman–Crippen MR) is 223 cm³/mol. The highest BCUT2D eigenvalue weighted by atomic mass is 31.1. The highest BCUT2D eigenvalue weighted by Crippen LogP contribution is 2.35. The van der Waals surface area contributed by atoms with Gasteiger partial charge in [0, 0.05) is 23.6 Å². The standard InChI is InChI=1S/C46H46N2P2/c1-35(2)45(47-33-37-21-17-19-31-43(37)49(39-23-9-5-10-24-39)40-25-11-6-12-26-40)46(36(3)4)48-34-38-22-18-20-32-44(38)50(41-27-13-7-14-28-41)42-29-15-8-16-30-42/h5-36,45-46H,1-4H3/t45-,46-/m0/s1. The summed E-state index contributed by atoms with van der Waals surface area (Å²) in [6.07, 6.45) is 4.26. The fourth-order valence-electron chi connectivity index (χ4n) is 6.41. The van der Waals surface area contributed by atoms with Crippen molar-refractivity contribution in [3.63, 3.8) is 0 Å². The first kappa shape index (κ1) is 35.3. The van der Waals surface area contributed by atoms with Crippen molar-refractivity contribution < 1.29 is 0 Å². The molecule has 2 nitrogen and oxygen atoms in total. The minimum Gasteiger partial charge on any atom is -0.287 e. The van der Waals surface area contributed by atoms with Gasteiger partial charge in [0.15, 0.2) is 0 Å². The molecule has 0 N–H and O–H groups in total. The Morgan fingerprint density at radius 1 is 0.360 bits per heavy atom. The number of nitrogens with zero attached hydrogens (tertiary/aromatic N) is 2. The van der Waals surface area contributed by atoms with E-state index in [2.05, 4.69) is 210 Å². The SMILES string of the molecule is CC(C)[C@H](N=Cc1ccccc1P(c1ccccc1)c1ccccc1)[C@@H](N=Cc1ccccc1P(c1ccccc1)c1ccccc1)C(C)C. The van der Waals surface area contributed by atoms with Crippen molar-refractivity contribution in [3.05, 3.63) is 181 Å². The number of aliphatic imine (C=N–C) groups is 2. The van der Waals surface area contributed by atoms with Crippen LogP contribution in [0.1, 0.15) is 38.8 Å². The molecule has 2 atom stereocenters. The first-order chi connectivity index (χ1) is 24.5. The fraction of sp³-hybridized carbons (Fsp3) is 0.174. The van der Waals surface area contributed by atoms with Crippen LogP contribution in [0.4, 0.5) is 0 Å². The van der Waals surface area contributed by atoms with E-state index in [9.17, 15) is 0 Å². The molecular weight excluding hydrogens is 642 g/mol. The van der Waals surface area contributed by atoms with E-state index in [-0.39, 0.29) is 12.1 Å². The van der Waals surface area contributed by atoms with Gasteiger partial charge in [-0.2, -0.15) is 0 Å². The second-order valence-corrected chi connectivity index (χ2v) is 17.5. The van der Waals surface area contributed by atoms with E-state index in [4.69, 9.17) is 9.98 Å². The molecule has 0 aromatic heterocycles. The van der Waals surface area contributed by atoms with Gasteiger partial charge in [0.25, 0.3) is 0 Å². The molecule has 0 aliphatic heterocycles. The van der Waals surface area contributed by atoms with E-state index in [0.29, 0.717) is 11.8 Å². The number of benzene rings is 6. The molecule has 0 spiro atoms. The zero-order valence-electron chi connectivity index (χ0n) is 29.4. The zero-order valence-corrected chi connectivity index (χ0v) is 31.2. The van der Waals surface area contributed by atoms with Crippen LogP contribution in [0.2, 0.25) is 0 Å². The molecule has 6 rings (SSSR count). The molecular formula is C46H46N2P2. The average Bonchev–Trinajstić information content (AvgIpc) is 3.16. The molecule has 0 saturated carbocycles. The van der Waals surface area contributed by atoms with E-state index >= 15 is 0 Å². The van der Waals surface area contributed by atoms with Gasteiger partial charge < -0.3 is 0 Å². The number of rotatable bonds is 13. The van der Waals surface area contributed by atoms with Gasteiger partial charge in [0.05, 0.1) is 12.1 Å². The average molecular weight is 689 g/mol. The summed E-state index contributed by atoms with van der Waals surface area (Å²) in [6, 6.07) is 61.2. The molecule has 0 saturated heterocycles. The Morgan fingerprint density at radius 2 is 0.620 bits per heavy atom. The lowest BCUT2D eigenvalue weighted by Crippen LogP contribution is -2.33. The summed E-state index contributed by atoms with van der Waals surface area (Å²) in [5.41, 5.74) is 2.34. The highest BCUT2D eigenvalue weighted by molar-refractivity contribution is 7.80. The summed E-state index contributed by atoms with van der Waals surface area (Å²) >= 11 is 0. The Hall–Kier alpha value is -4.48. The van der Waals surface area contributed by atoms with Crippen molar-refractivity contribution in [2.24, 2.45) is 21.8 Å². The summed E-state index contributed by atoms with van der Waals surface area (Å²) in [6.45, 7) is 9.10. The van der Waals surface area contributed by atoms with E-state index in [0.717, 1.165) is 0 Å². The van der Waals surface area contributed by atoms with Crippen molar-refractivity contribution in [1.82, 2.24) is 0 Å². The van der Waals surface area contributed by atoms with Gasteiger partial charge in [-0.3, -0.25) is 9.98 Å². The Kier molecular flexibility index (Phi) is 12.3. The van der Waals surface area contributed by atoms with Crippen LogP contribution >= 0.6 is 15.8 Å². The quantitative estimate of drug-likeness (QED) is 0.0857. The van der Waals surface area contributed by atoms with Gasteiger partial charge in [-0.1, -0.05) is 198 Å². The summed E-state index contributed by atoms with van der Waals surface area (Å²) in [7, 11) is -1.49. The maximum absolute atomic E-state index is 5.39. The van der Waals surface area contributed by atoms with E-state index in [1.54, 1.807) is 0 Å². The number of hydrogen-bond donors (Lipinski definition) is 0. The Labute approximate surface area is 301 Å². The molecule has 0 unspecified atom stereocenters. The molecule has 0 bridgehead atoms. The third-order valence-corrected chi connectivity index (χ3v) is 13.9. The molecule has 0 amide bonds. The van der Waals surface area contributed by atoms with E-state index in [1.165, 1.54) is 43.0 Å². The second kappa shape index (κ2) is 17.4. The molecule has 0 heterocycles. The van der Waals surface area contributed by atoms with Crippen molar-refractivity contribution >= 4 is 60.1 Å². The van der Waals surface area contributed by atoms with Crippen LogP contribution in [0, 0.1) is 11.8 Å². The topological polar surface area (TPSA) is 24.7 Å². The molecule has 0 aliphatic rings. The van der Waals surface area contributed by atoms with Crippen LogP contribution in [0.25, 0.3) is 0 Å². The van der Waals surface area contributed by atoms with Crippen LogP contribution in [-0.4, -0.2) is 24.5 Å². The van der Waals surface area contributed by atoms with Gasteiger partial charge >= 0.3 is 0 Å². The van der Waals surface area contributed by atoms with Crippen LogP contribution in [-0.2, 0) is 0 Å². The Balaban J connectivity index is 1.35. The Bertz CT molecular complexity index is 1750. The second-order valence-electron chi connectivity index (χ2n) is 13.2. The molecule has 0 radical (unpaired) electrons. The molecule has 250 valence electrons. The smallest absolute Gasteiger partial charge is 0.0748 e. The number of hydrogen-bond acceptors (Lipinski definition) is 2. The maximum atomic E-state index is 5.39. The van der Waals surface area contributed by atoms with E-state index in [1.807, 2.05) is 0 Å². The fourth-order valence-corrected chi connectivity index (χ4v) is 11.2. The zero-order chi connectivity index (χ0) is 34.7. The first-order valence-corrected chi connectivity index (χ1v) is 20.2. The van der Waals surface area contributed by atoms with Crippen LogP contribution < -0.4 is 31.8 Å². The van der Waals surface area contributed by atoms with Crippen molar-refractivity contribution in [1.29, 1.82) is 0 Å². The largest absolute Gasteiger partial charge is 0.287 e.